The molecule has 1 saturated carbocycles. The molecule has 1 aromatic heterocycles. The van der Waals surface area contributed by atoms with Crippen LogP contribution in [0.4, 0.5) is 0 Å². The van der Waals surface area contributed by atoms with Crippen molar-refractivity contribution in [2.75, 3.05) is 0 Å². The summed E-state index contributed by atoms with van der Waals surface area (Å²) in [5.74, 6) is 0.248. The topological polar surface area (TPSA) is 76.7 Å². The number of benzene rings is 1. The van der Waals surface area contributed by atoms with Crippen LogP contribution in [-0.4, -0.2) is 11.1 Å². The Kier molecular flexibility index (Phi) is 3.64. The van der Waals surface area contributed by atoms with Gasteiger partial charge >= 0.3 is 11.6 Å². The Morgan fingerprint density at radius 1 is 1.36 bits per heavy atom. The van der Waals surface area contributed by atoms with Crippen LogP contribution in [0.25, 0.3) is 11.0 Å². The minimum atomic E-state index is -0.526. The third kappa shape index (κ3) is 2.71. The van der Waals surface area contributed by atoms with Crippen molar-refractivity contribution in [3.8, 4) is 5.75 Å². The number of rotatable bonds is 4. The number of ether oxygens (including phenoxy) is 1. The highest BCUT2D eigenvalue weighted by Crippen LogP contribution is 2.38. The van der Waals surface area contributed by atoms with E-state index in [1.165, 1.54) is 12.1 Å². The zero-order valence-electron chi connectivity index (χ0n) is 12.6. The lowest BCUT2D eigenvalue weighted by atomic mass is 10.0. The number of esters is 1. The molecule has 22 heavy (non-hydrogen) atoms. The van der Waals surface area contributed by atoms with Gasteiger partial charge in [-0.1, -0.05) is 13.8 Å². The van der Waals surface area contributed by atoms with E-state index in [-0.39, 0.29) is 24.2 Å². The van der Waals surface area contributed by atoms with Gasteiger partial charge in [0.25, 0.3) is 0 Å². The van der Waals surface area contributed by atoms with Gasteiger partial charge in [0.1, 0.15) is 17.9 Å². The molecule has 0 saturated heterocycles. The van der Waals surface area contributed by atoms with Crippen molar-refractivity contribution in [1.82, 2.24) is 0 Å². The molecule has 5 heteroatoms. The second kappa shape index (κ2) is 5.48. The molecule has 0 radical (unpaired) electrons. The highest BCUT2D eigenvalue weighted by molar-refractivity contribution is 5.83. The molecule has 0 amide bonds. The Morgan fingerprint density at radius 2 is 2.09 bits per heavy atom. The average Bonchev–Trinajstić information content (AvgIpc) is 3.20. The van der Waals surface area contributed by atoms with Crippen molar-refractivity contribution in [2.45, 2.75) is 33.3 Å². The Balaban J connectivity index is 1.93. The van der Waals surface area contributed by atoms with Crippen LogP contribution in [-0.2, 0) is 22.6 Å². The normalized spacial score (nSPS) is 20.1. The Labute approximate surface area is 127 Å². The second-order valence-corrected chi connectivity index (χ2v) is 5.85. The minimum absolute atomic E-state index is 0.0124. The SMILES string of the molecule is CCc1cc2c(COC(=O)[C@H]3C[C@H]3C)cc(=O)oc2cc1O. The lowest BCUT2D eigenvalue weighted by Crippen LogP contribution is -2.09. The molecule has 1 heterocycles. The predicted molar refractivity (Wildman–Crippen MR) is 80.6 cm³/mol. The van der Waals surface area contributed by atoms with Crippen LogP contribution in [0.2, 0.25) is 0 Å². The number of hydrogen-bond donors (Lipinski definition) is 1. The molecule has 1 N–H and O–H groups in total. The third-order valence-corrected chi connectivity index (χ3v) is 4.19. The molecule has 0 aliphatic heterocycles. The fourth-order valence-corrected chi connectivity index (χ4v) is 2.62. The van der Waals surface area contributed by atoms with E-state index >= 15 is 0 Å². The summed E-state index contributed by atoms with van der Waals surface area (Å²) in [6.45, 7) is 3.97. The molecule has 0 bridgehead atoms. The number of fused-ring (bicyclic) bond motifs is 1. The molecule has 116 valence electrons. The van der Waals surface area contributed by atoms with E-state index in [2.05, 4.69) is 0 Å². The second-order valence-electron chi connectivity index (χ2n) is 5.85. The van der Waals surface area contributed by atoms with Crippen LogP contribution >= 0.6 is 0 Å². The monoisotopic (exact) mass is 302 g/mol. The van der Waals surface area contributed by atoms with Gasteiger partial charge in [0.2, 0.25) is 0 Å². The van der Waals surface area contributed by atoms with Crippen LogP contribution in [0.3, 0.4) is 0 Å². The molecule has 1 aliphatic carbocycles. The maximum atomic E-state index is 11.8. The summed E-state index contributed by atoms with van der Waals surface area (Å²) in [6.07, 6.45) is 1.52. The van der Waals surface area contributed by atoms with Gasteiger partial charge in [-0.2, -0.15) is 0 Å². The maximum Gasteiger partial charge on any atom is 0.336 e. The first-order valence-electron chi connectivity index (χ1n) is 7.45. The summed E-state index contributed by atoms with van der Waals surface area (Å²) in [5, 5.41) is 10.6. The van der Waals surface area contributed by atoms with Gasteiger partial charge in [-0.05, 0) is 30.4 Å². The van der Waals surface area contributed by atoms with Crippen LogP contribution in [0.5, 0.6) is 5.75 Å². The summed E-state index contributed by atoms with van der Waals surface area (Å²) in [4.78, 5) is 23.4. The molecule has 1 aliphatic rings. The number of hydrogen-bond acceptors (Lipinski definition) is 5. The lowest BCUT2D eigenvalue weighted by Gasteiger charge is -2.09. The van der Waals surface area contributed by atoms with Gasteiger partial charge in [0.15, 0.2) is 0 Å². The van der Waals surface area contributed by atoms with Crippen molar-refractivity contribution in [1.29, 1.82) is 0 Å². The van der Waals surface area contributed by atoms with E-state index in [4.69, 9.17) is 9.15 Å². The van der Waals surface area contributed by atoms with Crippen LogP contribution in [0.15, 0.2) is 27.4 Å². The molecule has 3 rings (SSSR count). The van der Waals surface area contributed by atoms with Crippen molar-refractivity contribution in [3.63, 3.8) is 0 Å². The van der Waals surface area contributed by atoms with Crippen molar-refractivity contribution < 1.29 is 19.1 Å². The Hall–Kier alpha value is -2.30. The average molecular weight is 302 g/mol. The molecule has 2 atom stereocenters. The van der Waals surface area contributed by atoms with Gasteiger partial charge < -0.3 is 14.3 Å². The van der Waals surface area contributed by atoms with Gasteiger partial charge in [0, 0.05) is 23.1 Å². The van der Waals surface area contributed by atoms with Gasteiger partial charge in [-0.3, -0.25) is 4.79 Å². The largest absolute Gasteiger partial charge is 0.508 e. The minimum Gasteiger partial charge on any atom is -0.508 e. The lowest BCUT2D eigenvalue weighted by molar-refractivity contribution is -0.146. The van der Waals surface area contributed by atoms with Gasteiger partial charge in [0.05, 0.1) is 5.92 Å². The molecule has 1 fully saturated rings. The predicted octanol–water partition coefficient (Wildman–Crippen LogP) is 2.76. The number of carbonyl (C=O) groups excluding carboxylic acids is 1. The first kappa shape index (κ1) is 14.6. The zero-order valence-corrected chi connectivity index (χ0v) is 12.6. The molecule has 2 aromatic rings. The third-order valence-electron chi connectivity index (χ3n) is 4.19. The number of phenols is 1. The van der Waals surface area contributed by atoms with E-state index in [0.717, 1.165) is 12.0 Å². The molecular formula is C17H18O5. The summed E-state index contributed by atoms with van der Waals surface area (Å²) in [7, 11) is 0. The molecular weight excluding hydrogens is 284 g/mol. The Morgan fingerprint density at radius 3 is 2.73 bits per heavy atom. The summed E-state index contributed by atoms with van der Waals surface area (Å²) >= 11 is 0. The Bertz CT molecular complexity index is 789. The highest BCUT2D eigenvalue weighted by Gasteiger charge is 2.40. The van der Waals surface area contributed by atoms with E-state index in [0.29, 0.717) is 28.9 Å². The fraction of sp³-hybridized carbons (Fsp3) is 0.412. The van der Waals surface area contributed by atoms with E-state index in [1.54, 1.807) is 6.07 Å². The number of carbonyl (C=O) groups is 1. The van der Waals surface area contributed by atoms with E-state index < -0.39 is 5.63 Å². The van der Waals surface area contributed by atoms with Crippen LogP contribution < -0.4 is 5.63 Å². The summed E-state index contributed by atoms with van der Waals surface area (Å²) < 4.78 is 10.4. The smallest absolute Gasteiger partial charge is 0.336 e. The standard InChI is InChI=1S/C17H18O5/c1-3-10-5-13-11(8-21-17(20)12-4-9(12)2)6-16(19)22-15(13)7-14(10)18/h5-7,9,12,18H,3-4,8H2,1-2H3/t9-,12+/m1/s1. The van der Waals surface area contributed by atoms with Crippen molar-refractivity contribution in [2.24, 2.45) is 11.8 Å². The summed E-state index contributed by atoms with van der Waals surface area (Å²) in [5.41, 5.74) is 1.13. The van der Waals surface area contributed by atoms with Crippen molar-refractivity contribution in [3.05, 3.63) is 39.7 Å². The van der Waals surface area contributed by atoms with Crippen molar-refractivity contribution >= 4 is 16.9 Å². The van der Waals surface area contributed by atoms with E-state index in [9.17, 15) is 14.7 Å². The molecule has 0 spiro atoms. The van der Waals surface area contributed by atoms with E-state index in [1.807, 2.05) is 13.8 Å². The quantitative estimate of drug-likeness (QED) is 0.694. The fourth-order valence-electron chi connectivity index (χ4n) is 2.62. The number of aromatic hydroxyl groups is 1. The molecule has 5 nitrogen and oxygen atoms in total. The van der Waals surface area contributed by atoms with Gasteiger partial charge in [-0.25, -0.2) is 4.79 Å². The number of phenolic OH excluding ortho intramolecular Hbond substituents is 1. The number of aryl methyl sites for hydroxylation is 1. The highest BCUT2D eigenvalue weighted by atomic mass is 16.5. The molecule has 0 unspecified atom stereocenters. The first-order valence-corrected chi connectivity index (χ1v) is 7.45. The van der Waals surface area contributed by atoms with Crippen LogP contribution in [0, 0.1) is 11.8 Å². The maximum absolute atomic E-state index is 11.8. The first-order chi connectivity index (χ1) is 10.5. The van der Waals surface area contributed by atoms with Crippen LogP contribution in [0.1, 0.15) is 31.4 Å². The zero-order chi connectivity index (χ0) is 15.9. The summed E-state index contributed by atoms with van der Waals surface area (Å²) in [6, 6.07) is 4.54. The molecule has 1 aromatic carbocycles. The van der Waals surface area contributed by atoms with Gasteiger partial charge in [-0.15, -0.1) is 0 Å².